The first-order valence-corrected chi connectivity index (χ1v) is 7.02. The van der Waals surface area contributed by atoms with Gasteiger partial charge in [-0.2, -0.15) is 0 Å². The Bertz CT molecular complexity index is 812. The number of aromatic nitrogens is 1. The third-order valence-corrected chi connectivity index (χ3v) is 3.65. The molecule has 21 heavy (non-hydrogen) atoms. The lowest BCUT2D eigenvalue weighted by Gasteiger charge is -2.03. The predicted molar refractivity (Wildman–Crippen MR) is 83.4 cm³/mol. The number of ether oxygens (including phenoxy) is 1. The van der Waals surface area contributed by atoms with Crippen LogP contribution < -0.4 is 0 Å². The molecule has 1 atom stereocenters. The van der Waals surface area contributed by atoms with E-state index in [2.05, 4.69) is 34.2 Å². The van der Waals surface area contributed by atoms with E-state index in [1.807, 2.05) is 42.5 Å². The normalized spacial score (nSPS) is 17.5. The third kappa shape index (κ3) is 2.27. The van der Waals surface area contributed by atoms with Crippen molar-refractivity contribution < 1.29 is 4.74 Å². The van der Waals surface area contributed by atoms with E-state index < -0.39 is 0 Å². The van der Waals surface area contributed by atoms with E-state index in [0.717, 1.165) is 16.6 Å². The molecule has 4 rings (SSSR count). The summed E-state index contributed by atoms with van der Waals surface area (Å²) in [5.41, 5.74) is 2.94. The van der Waals surface area contributed by atoms with Gasteiger partial charge in [-0.3, -0.25) is 0 Å². The zero-order chi connectivity index (χ0) is 14.1. The zero-order valence-corrected chi connectivity index (χ0v) is 11.4. The molecular weight excluding hydrogens is 260 g/mol. The number of hydrogen-bond donors (Lipinski definition) is 0. The van der Waals surface area contributed by atoms with Crippen LogP contribution in [0.5, 0.6) is 0 Å². The highest BCUT2D eigenvalue weighted by atomic mass is 16.5. The maximum absolute atomic E-state index is 5.74. The Morgan fingerprint density at radius 2 is 1.67 bits per heavy atom. The Labute approximate surface area is 122 Å². The van der Waals surface area contributed by atoms with Gasteiger partial charge >= 0.3 is 0 Å². The first-order valence-electron chi connectivity index (χ1n) is 7.02. The predicted octanol–water partition coefficient (Wildman–Crippen LogP) is 3.75. The number of rotatable bonds is 2. The van der Waals surface area contributed by atoms with Gasteiger partial charge in [0.1, 0.15) is 18.3 Å². The fourth-order valence-corrected chi connectivity index (χ4v) is 2.55. The zero-order valence-electron chi connectivity index (χ0n) is 11.4. The van der Waals surface area contributed by atoms with Crippen LogP contribution in [0.4, 0.5) is 0 Å². The van der Waals surface area contributed by atoms with Gasteiger partial charge in [0, 0.05) is 5.39 Å². The van der Waals surface area contributed by atoms with Crippen LogP contribution in [-0.2, 0) is 4.74 Å². The summed E-state index contributed by atoms with van der Waals surface area (Å²) >= 11 is 0. The van der Waals surface area contributed by atoms with Gasteiger partial charge in [-0.25, -0.2) is 9.98 Å². The van der Waals surface area contributed by atoms with Crippen LogP contribution in [0.3, 0.4) is 0 Å². The van der Waals surface area contributed by atoms with Crippen LogP contribution in [0.1, 0.15) is 17.3 Å². The van der Waals surface area contributed by atoms with Gasteiger partial charge < -0.3 is 4.74 Å². The molecular formula is C18H14N2O. The van der Waals surface area contributed by atoms with Crippen molar-refractivity contribution in [3.63, 3.8) is 0 Å². The van der Waals surface area contributed by atoms with Crippen molar-refractivity contribution in [3.8, 4) is 0 Å². The average Bonchev–Trinajstić information content (AvgIpc) is 3.05. The highest BCUT2D eigenvalue weighted by Crippen LogP contribution is 2.25. The molecule has 1 aromatic heterocycles. The summed E-state index contributed by atoms with van der Waals surface area (Å²) in [6, 6.07) is 22.4. The smallest absolute Gasteiger partial charge is 0.236 e. The molecule has 2 heterocycles. The standard InChI is InChI=1S/C18H14N2O/c1-2-6-13(7-3-1)17-12-21-18(20-17)16-11-10-14-8-4-5-9-15(14)19-16/h1-11,17H,12H2/t17-/m1/s1. The van der Waals surface area contributed by atoms with E-state index in [0.29, 0.717) is 12.5 Å². The summed E-state index contributed by atoms with van der Waals surface area (Å²) in [6.07, 6.45) is 0. The van der Waals surface area contributed by atoms with Gasteiger partial charge in [0.2, 0.25) is 5.90 Å². The number of para-hydroxylation sites is 1. The van der Waals surface area contributed by atoms with Gasteiger partial charge in [-0.1, -0.05) is 54.6 Å². The Kier molecular flexibility index (Phi) is 2.89. The second kappa shape index (κ2) is 5.02. The number of hydrogen-bond acceptors (Lipinski definition) is 3. The van der Waals surface area contributed by atoms with Crippen molar-refractivity contribution in [2.45, 2.75) is 6.04 Å². The van der Waals surface area contributed by atoms with E-state index in [-0.39, 0.29) is 6.04 Å². The molecule has 0 unspecified atom stereocenters. The molecule has 0 N–H and O–H groups in total. The quantitative estimate of drug-likeness (QED) is 0.713. The maximum atomic E-state index is 5.74. The molecule has 3 nitrogen and oxygen atoms in total. The molecule has 0 spiro atoms. The van der Waals surface area contributed by atoms with Gasteiger partial charge in [-0.05, 0) is 17.7 Å². The van der Waals surface area contributed by atoms with Gasteiger partial charge in [0.15, 0.2) is 0 Å². The van der Waals surface area contributed by atoms with E-state index in [9.17, 15) is 0 Å². The summed E-state index contributed by atoms with van der Waals surface area (Å²) in [5.74, 6) is 0.634. The van der Waals surface area contributed by atoms with Crippen molar-refractivity contribution in [1.29, 1.82) is 0 Å². The number of fused-ring (bicyclic) bond motifs is 1. The summed E-state index contributed by atoms with van der Waals surface area (Å²) in [4.78, 5) is 9.30. The van der Waals surface area contributed by atoms with Crippen LogP contribution in [0, 0.1) is 0 Å². The molecule has 0 saturated carbocycles. The molecule has 0 saturated heterocycles. The van der Waals surface area contributed by atoms with Crippen molar-refractivity contribution >= 4 is 16.8 Å². The molecule has 102 valence electrons. The Morgan fingerprint density at radius 3 is 2.57 bits per heavy atom. The van der Waals surface area contributed by atoms with Crippen molar-refractivity contribution in [1.82, 2.24) is 4.98 Å². The first kappa shape index (κ1) is 12.1. The van der Waals surface area contributed by atoms with Gasteiger partial charge in [0.05, 0.1) is 5.52 Å². The lowest BCUT2D eigenvalue weighted by atomic mass is 10.1. The highest BCUT2D eigenvalue weighted by Gasteiger charge is 2.22. The summed E-state index contributed by atoms with van der Waals surface area (Å²) in [5, 5.41) is 1.12. The molecule has 3 aromatic rings. The molecule has 2 aromatic carbocycles. The lowest BCUT2D eigenvalue weighted by Crippen LogP contribution is -2.03. The fourth-order valence-electron chi connectivity index (χ4n) is 2.55. The number of benzene rings is 2. The minimum atomic E-state index is 0.0643. The van der Waals surface area contributed by atoms with E-state index in [1.54, 1.807) is 0 Å². The largest absolute Gasteiger partial charge is 0.474 e. The fraction of sp³-hybridized carbons (Fsp3) is 0.111. The minimum Gasteiger partial charge on any atom is -0.474 e. The molecule has 1 aliphatic heterocycles. The average molecular weight is 274 g/mol. The van der Waals surface area contributed by atoms with Crippen LogP contribution in [-0.4, -0.2) is 17.5 Å². The second-order valence-corrected chi connectivity index (χ2v) is 5.06. The van der Waals surface area contributed by atoms with E-state index in [4.69, 9.17) is 4.74 Å². The van der Waals surface area contributed by atoms with Crippen molar-refractivity contribution in [2.24, 2.45) is 4.99 Å². The minimum absolute atomic E-state index is 0.0643. The number of aliphatic imine (C=N–C) groups is 1. The van der Waals surface area contributed by atoms with Gasteiger partial charge in [0.25, 0.3) is 0 Å². The second-order valence-electron chi connectivity index (χ2n) is 5.06. The van der Waals surface area contributed by atoms with E-state index in [1.165, 1.54) is 5.56 Å². The topological polar surface area (TPSA) is 34.5 Å². The first-order chi connectivity index (χ1) is 10.4. The Balaban J connectivity index is 1.69. The maximum Gasteiger partial charge on any atom is 0.236 e. The van der Waals surface area contributed by atoms with Crippen LogP contribution in [0.2, 0.25) is 0 Å². The van der Waals surface area contributed by atoms with Gasteiger partial charge in [-0.15, -0.1) is 0 Å². The van der Waals surface area contributed by atoms with Crippen LogP contribution in [0.25, 0.3) is 10.9 Å². The Hall–Kier alpha value is -2.68. The number of pyridine rings is 1. The van der Waals surface area contributed by atoms with Crippen molar-refractivity contribution in [3.05, 3.63) is 78.0 Å². The molecule has 3 heteroatoms. The van der Waals surface area contributed by atoms with Crippen LogP contribution in [0.15, 0.2) is 71.7 Å². The molecule has 1 aliphatic rings. The highest BCUT2D eigenvalue weighted by molar-refractivity contribution is 5.95. The molecule has 0 aliphatic carbocycles. The molecule has 0 amide bonds. The van der Waals surface area contributed by atoms with E-state index >= 15 is 0 Å². The molecule has 0 fully saturated rings. The number of nitrogens with zero attached hydrogens (tertiary/aromatic N) is 2. The SMILES string of the molecule is c1ccc([C@H]2COC(c3ccc4ccccc4n3)=N2)cc1. The molecule has 0 radical (unpaired) electrons. The molecule has 0 bridgehead atoms. The monoisotopic (exact) mass is 274 g/mol. The lowest BCUT2D eigenvalue weighted by molar-refractivity contribution is 0.319. The third-order valence-electron chi connectivity index (χ3n) is 3.65. The summed E-state index contributed by atoms with van der Waals surface area (Å²) in [6.45, 7) is 0.577. The van der Waals surface area contributed by atoms with Crippen LogP contribution >= 0.6 is 0 Å². The van der Waals surface area contributed by atoms with Crippen molar-refractivity contribution in [2.75, 3.05) is 6.61 Å². The Morgan fingerprint density at radius 1 is 0.857 bits per heavy atom. The summed E-state index contributed by atoms with van der Waals surface area (Å²) in [7, 11) is 0. The summed E-state index contributed by atoms with van der Waals surface area (Å²) < 4.78 is 5.74.